The van der Waals surface area contributed by atoms with E-state index in [1.807, 2.05) is 0 Å². The van der Waals surface area contributed by atoms with Gasteiger partial charge in [-0.1, -0.05) is 40.0 Å². The molecule has 2 unspecified atom stereocenters. The number of hydrogen-bond acceptors (Lipinski definition) is 1. The van der Waals surface area contributed by atoms with Crippen LogP contribution in [-0.4, -0.2) is 13.1 Å². The lowest BCUT2D eigenvalue weighted by Gasteiger charge is -2.40. The summed E-state index contributed by atoms with van der Waals surface area (Å²) >= 11 is 0. The Bertz CT molecular complexity index is 159. The van der Waals surface area contributed by atoms with Crippen LogP contribution in [0.5, 0.6) is 0 Å². The van der Waals surface area contributed by atoms with Gasteiger partial charge in [-0.05, 0) is 37.6 Å². The highest BCUT2D eigenvalue weighted by atomic mass is 14.9. The molecule has 1 nitrogen and oxygen atoms in total. The normalized spacial score (nSPS) is 24.9. The Balaban J connectivity index is 2.73. The summed E-state index contributed by atoms with van der Waals surface area (Å²) in [7, 11) is 2.15. The van der Waals surface area contributed by atoms with Crippen LogP contribution >= 0.6 is 0 Å². The molecule has 0 saturated heterocycles. The van der Waals surface area contributed by atoms with Gasteiger partial charge in [-0.15, -0.1) is 0 Å². The van der Waals surface area contributed by atoms with Crippen LogP contribution in [0.3, 0.4) is 0 Å². The van der Waals surface area contributed by atoms with Crippen LogP contribution in [-0.2, 0) is 0 Å². The SMILES string of the molecule is CCC(C)C(NC)C1(CC)CCCC1. The third-order valence-corrected chi connectivity index (χ3v) is 4.49. The molecule has 1 rings (SSSR count). The monoisotopic (exact) mass is 197 g/mol. The average Bonchev–Trinajstić information content (AvgIpc) is 2.68. The molecule has 0 spiro atoms. The minimum atomic E-state index is 0.615. The Kier molecular flexibility index (Phi) is 4.43. The molecule has 0 aromatic carbocycles. The maximum atomic E-state index is 3.59. The largest absolute Gasteiger partial charge is 0.316 e. The van der Waals surface area contributed by atoms with Crippen molar-refractivity contribution in [3.05, 3.63) is 0 Å². The van der Waals surface area contributed by atoms with E-state index in [0.717, 1.165) is 12.0 Å². The summed E-state index contributed by atoms with van der Waals surface area (Å²) in [5, 5.41) is 3.59. The smallest absolute Gasteiger partial charge is 0.0146 e. The maximum absolute atomic E-state index is 3.59. The molecule has 2 atom stereocenters. The van der Waals surface area contributed by atoms with Gasteiger partial charge in [0.1, 0.15) is 0 Å². The van der Waals surface area contributed by atoms with Crippen molar-refractivity contribution in [1.82, 2.24) is 5.32 Å². The summed E-state index contributed by atoms with van der Waals surface area (Å²) in [6.45, 7) is 7.09. The second-order valence-electron chi connectivity index (χ2n) is 5.07. The minimum absolute atomic E-state index is 0.615. The number of rotatable bonds is 5. The molecule has 1 N–H and O–H groups in total. The van der Waals surface area contributed by atoms with Crippen LogP contribution in [0.4, 0.5) is 0 Å². The van der Waals surface area contributed by atoms with Crippen LogP contribution in [0.15, 0.2) is 0 Å². The number of nitrogens with one attached hydrogen (secondary N) is 1. The van der Waals surface area contributed by atoms with Crippen molar-refractivity contribution >= 4 is 0 Å². The molecule has 14 heavy (non-hydrogen) atoms. The molecule has 0 aromatic rings. The molecule has 0 heterocycles. The first-order chi connectivity index (χ1) is 6.70. The van der Waals surface area contributed by atoms with E-state index >= 15 is 0 Å². The first-order valence-electron chi connectivity index (χ1n) is 6.37. The lowest BCUT2D eigenvalue weighted by Crippen LogP contribution is -2.46. The van der Waals surface area contributed by atoms with E-state index in [1.165, 1.54) is 38.5 Å². The van der Waals surface area contributed by atoms with E-state index in [2.05, 4.69) is 33.1 Å². The molecule has 0 amide bonds. The molecule has 0 radical (unpaired) electrons. The van der Waals surface area contributed by atoms with Crippen molar-refractivity contribution in [1.29, 1.82) is 0 Å². The molecule has 0 bridgehead atoms. The van der Waals surface area contributed by atoms with Crippen molar-refractivity contribution in [2.24, 2.45) is 11.3 Å². The summed E-state index contributed by atoms with van der Waals surface area (Å²) in [6.07, 6.45) is 8.43. The number of hydrogen-bond donors (Lipinski definition) is 1. The molecule has 84 valence electrons. The van der Waals surface area contributed by atoms with Crippen LogP contribution in [0.25, 0.3) is 0 Å². The first-order valence-corrected chi connectivity index (χ1v) is 6.37. The molecule has 1 aliphatic rings. The van der Waals surface area contributed by atoms with E-state index in [9.17, 15) is 0 Å². The fourth-order valence-corrected chi connectivity index (χ4v) is 3.39. The lowest BCUT2D eigenvalue weighted by molar-refractivity contribution is 0.144. The van der Waals surface area contributed by atoms with Gasteiger partial charge in [-0.2, -0.15) is 0 Å². The van der Waals surface area contributed by atoms with Crippen molar-refractivity contribution in [2.45, 2.75) is 65.3 Å². The highest BCUT2D eigenvalue weighted by Gasteiger charge is 2.40. The molecular weight excluding hydrogens is 170 g/mol. The van der Waals surface area contributed by atoms with Gasteiger partial charge in [-0.25, -0.2) is 0 Å². The summed E-state index contributed by atoms with van der Waals surface area (Å²) < 4.78 is 0. The minimum Gasteiger partial charge on any atom is -0.316 e. The predicted molar refractivity (Wildman–Crippen MR) is 63.5 cm³/mol. The highest BCUT2D eigenvalue weighted by Crippen LogP contribution is 2.46. The molecule has 0 aliphatic heterocycles. The molecule has 0 aromatic heterocycles. The van der Waals surface area contributed by atoms with Gasteiger partial charge >= 0.3 is 0 Å². The predicted octanol–water partition coefficient (Wildman–Crippen LogP) is 3.59. The molecule has 1 fully saturated rings. The standard InChI is InChI=1S/C13H27N/c1-5-11(3)12(14-4)13(6-2)9-7-8-10-13/h11-12,14H,5-10H2,1-4H3. The maximum Gasteiger partial charge on any atom is 0.0146 e. The third-order valence-electron chi connectivity index (χ3n) is 4.49. The van der Waals surface area contributed by atoms with E-state index in [0.29, 0.717) is 5.41 Å². The zero-order valence-electron chi connectivity index (χ0n) is 10.4. The summed E-state index contributed by atoms with van der Waals surface area (Å²) in [5.74, 6) is 0.818. The van der Waals surface area contributed by atoms with Gasteiger partial charge < -0.3 is 5.32 Å². The third kappa shape index (κ3) is 2.13. The van der Waals surface area contributed by atoms with Crippen molar-refractivity contribution in [3.8, 4) is 0 Å². The van der Waals surface area contributed by atoms with Gasteiger partial charge in [0.25, 0.3) is 0 Å². The van der Waals surface area contributed by atoms with E-state index < -0.39 is 0 Å². The van der Waals surface area contributed by atoms with Crippen LogP contribution in [0.1, 0.15) is 59.3 Å². The Morgan fingerprint density at radius 3 is 2.14 bits per heavy atom. The Morgan fingerprint density at radius 2 is 1.79 bits per heavy atom. The molecule has 1 aliphatic carbocycles. The topological polar surface area (TPSA) is 12.0 Å². The molecule has 1 heteroatoms. The van der Waals surface area contributed by atoms with E-state index in [-0.39, 0.29) is 0 Å². The van der Waals surface area contributed by atoms with Gasteiger partial charge in [0.05, 0.1) is 0 Å². The average molecular weight is 197 g/mol. The zero-order chi connectivity index (χ0) is 10.6. The van der Waals surface area contributed by atoms with Gasteiger partial charge in [-0.3, -0.25) is 0 Å². The van der Waals surface area contributed by atoms with Crippen molar-refractivity contribution in [2.75, 3.05) is 7.05 Å². The quantitative estimate of drug-likeness (QED) is 0.710. The summed E-state index contributed by atoms with van der Waals surface area (Å²) in [4.78, 5) is 0. The zero-order valence-corrected chi connectivity index (χ0v) is 10.4. The van der Waals surface area contributed by atoms with Crippen LogP contribution in [0.2, 0.25) is 0 Å². The second kappa shape index (κ2) is 5.16. The molecular formula is C13H27N. The Labute approximate surface area is 89.7 Å². The fraction of sp³-hybridized carbons (Fsp3) is 1.00. The second-order valence-corrected chi connectivity index (χ2v) is 5.07. The van der Waals surface area contributed by atoms with Crippen LogP contribution in [0, 0.1) is 11.3 Å². The van der Waals surface area contributed by atoms with Crippen molar-refractivity contribution in [3.63, 3.8) is 0 Å². The van der Waals surface area contributed by atoms with E-state index in [1.54, 1.807) is 0 Å². The lowest BCUT2D eigenvalue weighted by atomic mass is 9.71. The fourth-order valence-electron chi connectivity index (χ4n) is 3.39. The molecule has 1 saturated carbocycles. The Morgan fingerprint density at radius 1 is 1.21 bits per heavy atom. The van der Waals surface area contributed by atoms with Crippen LogP contribution < -0.4 is 5.32 Å². The van der Waals surface area contributed by atoms with Gasteiger partial charge in [0.15, 0.2) is 0 Å². The Hall–Kier alpha value is -0.0400. The van der Waals surface area contributed by atoms with Gasteiger partial charge in [0.2, 0.25) is 0 Å². The van der Waals surface area contributed by atoms with E-state index in [4.69, 9.17) is 0 Å². The van der Waals surface area contributed by atoms with Gasteiger partial charge in [0, 0.05) is 6.04 Å². The summed E-state index contributed by atoms with van der Waals surface area (Å²) in [5.41, 5.74) is 0.615. The summed E-state index contributed by atoms with van der Waals surface area (Å²) in [6, 6.07) is 0.736. The first kappa shape index (κ1) is 12.0. The van der Waals surface area contributed by atoms with Crippen molar-refractivity contribution < 1.29 is 0 Å². The highest BCUT2D eigenvalue weighted by molar-refractivity contribution is 4.95.